The molecule has 0 bridgehead atoms. The van der Waals surface area contributed by atoms with E-state index < -0.39 is 11.8 Å². The van der Waals surface area contributed by atoms with Crippen LogP contribution in [0.1, 0.15) is 21.5 Å². The van der Waals surface area contributed by atoms with Crippen molar-refractivity contribution in [3.63, 3.8) is 0 Å². The van der Waals surface area contributed by atoms with Crippen molar-refractivity contribution in [1.82, 2.24) is 10.7 Å². The number of halogens is 1. The second kappa shape index (κ2) is 10.0. The van der Waals surface area contributed by atoms with Gasteiger partial charge in [-0.1, -0.05) is 60.1 Å². The van der Waals surface area contributed by atoms with Gasteiger partial charge in [-0.3, -0.25) is 9.59 Å². The molecule has 0 unspecified atom stereocenters. The van der Waals surface area contributed by atoms with Crippen LogP contribution in [0.15, 0.2) is 89.7 Å². The van der Waals surface area contributed by atoms with Crippen LogP contribution in [0, 0.1) is 0 Å². The van der Waals surface area contributed by atoms with Gasteiger partial charge in [0.1, 0.15) is 11.4 Å². The molecule has 7 heteroatoms. The van der Waals surface area contributed by atoms with Crippen LogP contribution in [0.3, 0.4) is 0 Å². The Labute approximate surface area is 178 Å². The lowest BCUT2D eigenvalue weighted by atomic mass is 10.1. The predicted octanol–water partition coefficient (Wildman–Crippen LogP) is 3.97. The number of amides is 2. The molecule has 0 aromatic heterocycles. The van der Waals surface area contributed by atoms with Crippen molar-refractivity contribution < 1.29 is 14.7 Å². The average Bonchev–Trinajstić information content (AvgIpc) is 2.77. The van der Waals surface area contributed by atoms with Gasteiger partial charge in [0.2, 0.25) is 0 Å². The molecule has 6 nitrogen and oxygen atoms in total. The molecule has 0 atom stereocenters. The Morgan fingerprint density at radius 1 is 0.933 bits per heavy atom. The van der Waals surface area contributed by atoms with Crippen molar-refractivity contribution in [1.29, 1.82) is 0 Å². The zero-order chi connectivity index (χ0) is 21.3. The van der Waals surface area contributed by atoms with Crippen LogP contribution in [0.25, 0.3) is 6.08 Å². The van der Waals surface area contributed by atoms with E-state index in [1.807, 2.05) is 18.2 Å². The third-order valence-corrected chi connectivity index (χ3v) is 4.23. The minimum absolute atomic E-state index is 0.0162. The number of carbonyl (C=O) groups excluding carboxylic acids is 2. The van der Waals surface area contributed by atoms with E-state index in [0.717, 1.165) is 5.56 Å². The van der Waals surface area contributed by atoms with E-state index in [1.54, 1.807) is 48.5 Å². The number of aromatic hydroxyl groups is 1. The third kappa shape index (κ3) is 5.80. The zero-order valence-electron chi connectivity index (χ0n) is 15.7. The highest BCUT2D eigenvalue weighted by molar-refractivity contribution is 6.30. The minimum Gasteiger partial charge on any atom is -0.507 e. The first-order valence-electron chi connectivity index (χ1n) is 8.98. The summed E-state index contributed by atoms with van der Waals surface area (Å²) in [5.41, 5.74) is 3.84. The fourth-order valence-corrected chi connectivity index (χ4v) is 2.69. The Hall–Kier alpha value is -3.90. The maximum absolute atomic E-state index is 12.7. The van der Waals surface area contributed by atoms with E-state index in [0.29, 0.717) is 16.1 Å². The van der Waals surface area contributed by atoms with Crippen LogP contribution >= 0.6 is 11.6 Å². The van der Waals surface area contributed by atoms with E-state index in [4.69, 9.17) is 11.6 Å². The number of nitrogens with zero attached hydrogens (tertiary/aromatic N) is 1. The molecule has 0 spiro atoms. The molecule has 0 aliphatic carbocycles. The highest BCUT2D eigenvalue weighted by atomic mass is 35.5. The molecule has 2 amide bonds. The summed E-state index contributed by atoms with van der Waals surface area (Å²) >= 11 is 5.90. The van der Waals surface area contributed by atoms with Crippen LogP contribution < -0.4 is 10.7 Å². The third-order valence-electron chi connectivity index (χ3n) is 4.00. The molecule has 0 fully saturated rings. The van der Waals surface area contributed by atoms with Crippen LogP contribution in [0.2, 0.25) is 5.02 Å². The van der Waals surface area contributed by atoms with Gasteiger partial charge >= 0.3 is 0 Å². The van der Waals surface area contributed by atoms with E-state index in [1.165, 1.54) is 24.4 Å². The molecule has 0 aliphatic heterocycles. The van der Waals surface area contributed by atoms with Gasteiger partial charge in [-0.05, 0) is 42.0 Å². The average molecular weight is 420 g/mol. The standard InChI is InChI=1S/C23H18ClN3O3/c24-19-11-12-21(28)18(14-19)15-25-27-23(30)20(13-16-7-3-1-4-8-16)26-22(29)17-9-5-2-6-10-17/h1-15,28H,(H,26,29)(H,27,30)/b20-13-,25-15?. The van der Waals surface area contributed by atoms with Crippen molar-refractivity contribution in [3.8, 4) is 5.75 Å². The number of phenols is 1. The van der Waals surface area contributed by atoms with Gasteiger partial charge in [0, 0.05) is 16.1 Å². The predicted molar refractivity (Wildman–Crippen MR) is 117 cm³/mol. The fourth-order valence-electron chi connectivity index (χ4n) is 2.51. The number of hydrazone groups is 1. The van der Waals surface area contributed by atoms with Gasteiger partial charge < -0.3 is 10.4 Å². The van der Waals surface area contributed by atoms with Crippen LogP contribution in [0.5, 0.6) is 5.75 Å². The molecule has 150 valence electrons. The summed E-state index contributed by atoms with van der Waals surface area (Å²) in [6.07, 6.45) is 2.81. The first kappa shape index (κ1) is 20.8. The lowest BCUT2D eigenvalue weighted by molar-refractivity contribution is -0.117. The maximum atomic E-state index is 12.7. The Bertz CT molecular complexity index is 1100. The Kier molecular flexibility index (Phi) is 6.97. The summed E-state index contributed by atoms with van der Waals surface area (Å²) in [5.74, 6) is -1.08. The molecule has 0 saturated heterocycles. The molecule has 0 radical (unpaired) electrons. The molecular formula is C23H18ClN3O3. The monoisotopic (exact) mass is 419 g/mol. The molecule has 3 aromatic rings. The summed E-state index contributed by atoms with van der Waals surface area (Å²) in [6.45, 7) is 0. The molecule has 3 N–H and O–H groups in total. The highest BCUT2D eigenvalue weighted by Crippen LogP contribution is 2.19. The highest BCUT2D eigenvalue weighted by Gasteiger charge is 2.14. The number of carbonyl (C=O) groups is 2. The van der Waals surface area contributed by atoms with E-state index in [9.17, 15) is 14.7 Å². The molecule has 0 heterocycles. The Morgan fingerprint density at radius 3 is 2.30 bits per heavy atom. The summed E-state index contributed by atoms with van der Waals surface area (Å²) in [4.78, 5) is 25.2. The van der Waals surface area contributed by atoms with Crippen molar-refractivity contribution in [2.24, 2.45) is 5.10 Å². The SMILES string of the molecule is O=C(NN=Cc1cc(Cl)ccc1O)/C(=C/c1ccccc1)NC(=O)c1ccccc1. The van der Waals surface area contributed by atoms with E-state index >= 15 is 0 Å². The lowest BCUT2D eigenvalue weighted by Gasteiger charge is -2.09. The Morgan fingerprint density at radius 2 is 1.60 bits per heavy atom. The smallest absolute Gasteiger partial charge is 0.287 e. The van der Waals surface area contributed by atoms with Crippen molar-refractivity contribution in [2.45, 2.75) is 0 Å². The van der Waals surface area contributed by atoms with Gasteiger partial charge in [-0.15, -0.1) is 0 Å². The van der Waals surface area contributed by atoms with E-state index in [-0.39, 0.29) is 11.4 Å². The van der Waals surface area contributed by atoms with Crippen LogP contribution in [-0.2, 0) is 4.79 Å². The fraction of sp³-hybridized carbons (Fsp3) is 0. The summed E-state index contributed by atoms with van der Waals surface area (Å²) in [6, 6.07) is 22.1. The summed E-state index contributed by atoms with van der Waals surface area (Å²) in [5, 5.41) is 16.7. The van der Waals surface area contributed by atoms with Gasteiger partial charge in [0.05, 0.1) is 6.21 Å². The molecule has 3 aromatic carbocycles. The van der Waals surface area contributed by atoms with Crippen molar-refractivity contribution in [2.75, 3.05) is 0 Å². The zero-order valence-corrected chi connectivity index (χ0v) is 16.5. The quantitative estimate of drug-likeness (QED) is 0.321. The summed E-state index contributed by atoms with van der Waals surface area (Å²) in [7, 11) is 0. The van der Waals surface area contributed by atoms with Gasteiger partial charge in [0.15, 0.2) is 0 Å². The molecule has 0 aliphatic rings. The van der Waals surface area contributed by atoms with Crippen molar-refractivity contribution in [3.05, 3.63) is 106 Å². The largest absolute Gasteiger partial charge is 0.507 e. The Balaban J connectivity index is 1.79. The number of hydrogen-bond acceptors (Lipinski definition) is 4. The second-order valence-electron chi connectivity index (χ2n) is 6.19. The lowest BCUT2D eigenvalue weighted by Crippen LogP contribution is -2.32. The topological polar surface area (TPSA) is 90.8 Å². The maximum Gasteiger partial charge on any atom is 0.287 e. The number of benzene rings is 3. The first-order valence-corrected chi connectivity index (χ1v) is 9.36. The normalized spacial score (nSPS) is 11.3. The number of phenolic OH excluding ortho intramolecular Hbond substituents is 1. The van der Waals surface area contributed by atoms with Crippen molar-refractivity contribution >= 4 is 35.7 Å². The van der Waals surface area contributed by atoms with E-state index in [2.05, 4.69) is 15.8 Å². The first-order chi connectivity index (χ1) is 14.5. The summed E-state index contributed by atoms with van der Waals surface area (Å²) < 4.78 is 0. The van der Waals surface area contributed by atoms with Gasteiger partial charge in [-0.2, -0.15) is 5.10 Å². The van der Waals surface area contributed by atoms with Gasteiger partial charge in [0.25, 0.3) is 11.8 Å². The minimum atomic E-state index is -0.624. The molecule has 0 saturated carbocycles. The number of nitrogens with one attached hydrogen (secondary N) is 2. The van der Waals surface area contributed by atoms with Gasteiger partial charge in [-0.25, -0.2) is 5.43 Å². The number of rotatable bonds is 6. The molecule has 3 rings (SSSR count). The molecular weight excluding hydrogens is 402 g/mol. The number of hydrogen-bond donors (Lipinski definition) is 3. The second-order valence-corrected chi connectivity index (χ2v) is 6.63. The van der Waals surface area contributed by atoms with Crippen LogP contribution in [-0.4, -0.2) is 23.1 Å². The van der Waals surface area contributed by atoms with Crippen LogP contribution in [0.4, 0.5) is 0 Å². The molecule has 30 heavy (non-hydrogen) atoms.